The molecule has 0 saturated carbocycles. The molecule has 0 saturated heterocycles. The van der Waals surface area contributed by atoms with E-state index in [0.717, 1.165) is 12.0 Å². The van der Waals surface area contributed by atoms with Gasteiger partial charge in [0.25, 0.3) is 5.91 Å². The lowest BCUT2D eigenvalue weighted by atomic mass is 10.2. The predicted molar refractivity (Wildman–Crippen MR) is 102 cm³/mol. The van der Waals surface area contributed by atoms with Gasteiger partial charge in [-0.3, -0.25) is 9.78 Å². The number of hydrogen-bond acceptors (Lipinski definition) is 5. The maximum atomic E-state index is 13.2. The number of anilines is 2. The summed E-state index contributed by atoms with van der Waals surface area (Å²) in [6.45, 7) is 0.554. The molecule has 1 amide bonds. The van der Waals surface area contributed by atoms with Crippen molar-refractivity contribution < 1.29 is 9.18 Å². The molecule has 27 heavy (non-hydrogen) atoms. The number of nitrogens with one attached hydrogen (secondary N) is 1. The number of carbonyl (C=O) groups is 1. The molecule has 8 heteroatoms. The van der Waals surface area contributed by atoms with E-state index < -0.39 is 5.82 Å². The Hall–Kier alpha value is -3.06. The van der Waals surface area contributed by atoms with Crippen LogP contribution in [0.1, 0.15) is 16.1 Å². The van der Waals surface area contributed by atoms with E-state index in [1.807, 2.05) is 12.1 Å². The van der Waals surface area contributed by atoms with Crippen molar-refractivity contribution in [2.24, 2.45) is 0 Å². The molecule has 0 aliphatic heterocycles. The zero-order valence-corrected chi connectivity index (χ0v) is 15.3. The van der Waals surface area contributed by atoms with Crippen LogP contribution in [0.2, 0.25) is 5.02 Å². The van der Waals surface area contributed by atoms with E-state index in [9.17, 15) is 9.18 Å². The summed E-state index contributed by atoms with van der Waals surface area (Å²) in [5.74, 6) is -0.286. The van der Waals surface area contributed by atoms with E-state index in [4.69, 9.17) is 11.6 Å². The fourth-order valence-corrected chi connectivity index (χ4v) is 2.56. The quantitative estimate of drug-likeness (QED) is 0.700. The fraction of sp³-hybridized carbons (Fsp3) is 0.158. The number of rotatable bonds is 6. The van der Waals surface area contributed by atoms with Crippen molar-refractivity contribution in [1.82, 2.24) is 20.1 Å². The van der Waals surface area contributed by atoms with E-state index in [1.165, 1.54) is 18.2 Å². The lowest BCUT2D eigenvalue weighted by Gasteiger charge is -2.16. The summed E-state index contributed by atoms with van der Waals surface area (Å²) >= 11 is 5.75. The van der Waals surface area contributed by atoms with Crippen LogP contribution in [0.4, 0.5) is 15.9 Å². The molecule has 138 valence electrons. The third-order valence-corrected chi connectivity index (χ3v) is 4.20. The molecule has 2 heterocycles. The summed E-state index contributed by atoms with van der Waals surface area (Å²) in [6.07, 6.45) is 4.18. The molecule has 3 aromatic rings. The predicted octanol–water partition coefficient (Wildman–Crippen LogP) is 3.72. The summed E-state index contributed by atoms with van der Waals surface area (Å²) in [5, 5.41) is 10.9. The normalized spacial score (nSPS) is 10.5. The first kappa shape index (κ1) is 18.7. The van der Waals surface area contributed by atoms with Crippen LogP contribution in [-0.2, 0) is 6.42 Å². The molecule has 0 radical (unpaired) electrons. The SMILES string of the molecule is CN(CCc1ccncc1)C(=O)c1ccc(Nc2ccc(F)c(Cl)c2)nn1. The van der Waals surface area contributed by atoms with Crippen LogP contribution in [0.25, 0.3) is 0 Å². The highest BCUT2D eigenvalue weighted by atomic mass is 35.5. The number of carbonyl (C=O) groups excluding carboxylic acids is 1. The van der Waals surface area contributed by atoms with E-state index >= 15 is 0 Å². The fourth-order valence-electron chi connectivity index (χ4n) is 2.38. The smallest absolute Gasteiger partial charge is 0.274 e. The summed E-state index contributed by atoms with van der Waals surface area (Å²) < 4.78 is 13.2. The molecule has 0 unspecified atom stereocenters. The first-order chi connectivity index (χ1) is 13.0. The van der Waals surface area contributed by atoms with Crippen molar-refractivity contribution in [1.29, 1.82) is 0 Å². The molecule has 0 spiro atoms. The van der Waals surface area contributed by atoms with E-state index in [1.54, 1.807) is 36.5 Å². The number of amides is 1. The van der Waals surface area contributed by atoms with Crippen LogP contribution in [0.15, 0.2) is 54.9 Å². The van der Waals surface area contributed by atoms with Gasteiger partial charge >= 0.3 is 0 Å². The van der Waals surface area contributed by atoms with Gasteiger partial charge < -0.3 is 10.2 Å². The van der Waals surface area contributed by atoms with Crippen LogP contribution < -0.4 is 5.32 Å². The molecule has 0 fully saturated rings. The van der Waals surface area contributed by atoms with Gasteiger partial charge in [-0.25, -0.2) is 4.39 Å². The maximum Gasteiger partial charge on any atom is 0.274 e. The minimum atomic E-state index is -0.496. The van der Waals surface area contributed by atoms with E-state index in [2.05, 4.69) is 20.5 Å². The largest absolute Gasteiger partial charge is 0.340 e. The average molecular weight is 386 g/mol. The zero-order chi connectivity index (χ0) is 19.2. The minimum absolute atomic E-state index is 0.00980. The van der Waals surface area contributed by atoms with Crippen molar-refractivity contribution in [2.45, 2.75) is 6.42 Å². The number of hydrogen-bond donors (Lipinski definition) is 1. The number of benzene rings is 1. The van der Waals surface area contributed by atoms with Gasteiger partial charge in [-0.2, -0.15) is 0 Å². The van der Waals surface area contributed by atoms with Gasteiger partial charge in [0.1, 0.15) is 5.82 Å². The Morgan fingerprint density at radius 1 is 1.15 bits per heavy atom. The molecular weight excluding hydrogens is 369 g/mol. The topological polar surface area (TPSA) is 71.0 Å². The first-order valence-electron chi connectivity index (χ1n) is 8.23. The second-order valence-electron chi connectivity index (χ2n) is 5.89. The Kier molecular flexibility index (Phi) is 5.93. The third kappa shape index (κ3) is 4.98. The minimum Gasteiger partial charge on any atom is -0.340 e. The molecule has 0 bridgehead atoms. The second-order valence-corrected chi connectivity index (χ2v) is 6.30. The number of nitrogens with zero attached hydrogens (tertiary/aromatic N) is 4. The zero-order valence-electron chi connectivity index (χ0n) is 14.6. The highest BCUT2D eigenvalue weighted by Crippen LogP contribution is 2.21. The van der Waals surface area contributed by atoms with Crippen molar-refractivity contribution >= 4 is 29.0 Å². The molecule has 0 aliphatic carbocycles. The van der Waals surface area contributed by atoms with Gasteiger partial charge in [-0.1, -0.05) is 11.6 Å². The monoisotopic (exact) mass is 385 g/mol. The van der Waals surface area contributed by atoms with Gasteiger partial charge in [0, 0.05) is 31.7 Å². The Balaban J connectivity index is 1.60. The molecule has 1 N–H and O–H groups in total. The number of aromatic nitrogens is 3. The number of halogens is 2. The molecule has 0 aliphatic rings. The Morgan fingerprint density at radius 2 is 1.93 bits per heavy atom. The van der Waals surface area contributed by atoms with Crippen LogP contribution in [0.3, 0.4) is 0 Å². The van der Waals surface area contributed by atoms with E-state index in [0.29, 0.717) is 18.1 Å². The molecule has 2 aromatic heterocycles. The average Bonchev–Trinajstić information content (AvgIpc) is 2.70. The van der Waals surface area contributed by atoms with Crippen molar-refractivity contribution in [2.75, 3.05) is 18.9 Å². The van der Waals surface area contributed by atoms with Gasteiger partial charge in [0.15, 0.2) is 11.5 Å². The summed E-state index contributed by atoms with van der Waals surface area (Å²) in [6, 6.07) is 11.3. The molecule has 3 rings (SSSR count). The third-order valence-electron chi connectivity index (χ3n) is 3.91. The summed E-state index contributed by atoms with van der Waals surface area (Å²) in [4.78, 5) is 18.0. The number of pyridine rings is 1. The Labute approximate surface area is 161 Å². The van der Waals surface area contributed by atoms with Crippen LogP contribution in [-0.4, -0.2) is 39.6 Å². The first-order valence-corrected chi connectivity index (χ1v) is 8.61. The van der Waals surface area contributed by atoms with E-state index in [-0.39, 0.29) is 16.6 Å². The highest BCUT2D eigenvalue weighted by Gasteiger charge is 2.14. The summed E-state index contributed by atoms with van der Waals surface area (Å²) in [7, 11) is 1.72. The van der Waals surface area contributed by atoms with Gasteiger partial charge in [0.05, 0.1) is 5.02 Å². The van der Waals surface area contributed by atoms with Gasteiger partial charge in [-0.05, 0) is 54.4 Å². The van der Waals surface area contributed by atoms with Crippen molar-refractivity contribution in [3.63, 3.8) is 0 Å². The van der Waals surface area contributed by atoms with Crippen molar-refractivity contribution in [3.05, 3.63) is 77.0 Å². The highest BCUT2D eigenvalue weighted by molar-refractivity contribution is 6.31. The lowest BCUT2D eigenvalue weighted by molar-refractivity contribution is 0.0789. The summed E-state index contributed by atoms with van der Waals surface area (Å²) in [5.41, 5.74) is 1.92. The van der Waals surface area contributed by atoms with Gasteiger partial charge in [-0.15, -0.1) is 10.2 Å². The second kappa shape index (κ2) is 8.55. The van der Waals surface area contributed by atoms with Crippen molar-refractivity contribution in [3.8, 4) is 0 Å². The van der Waals surface area contributed by atoms with Gasteiger partial charge in [0.2, 0.25) is 0 Å². The maximum absolute atomic E-state index is 13.2. The standard InChI is InChI=1S/C19H17ClFN5O/c1-26(11-8-13-6-9-22-10-7-13)19(27)17-4-5-18(25-24-17)23-14-2-3-16(21)15(20)12-14/h2-7,9-10,12H,8,11H2,1H3,(H,23,25). The van der Waals surface area contributed by atoms with Crippen LogP contribution in [0.5, 0.6) is 0 Å². The Morgan fingerprint density at radius 3 is 2.59 bits per heavy atom. The molecule has 6 nitrogen and oxygen atoms in total. The van der Waals surface area contributed by atoms with Crippen LogP contribution in [0, 0.1) is 5.82 Å². The Bertz CT molecular complexity index is 921. The number of likely N-dealkylation sites (N-methyl/N-ethyl adjacent to an activating group) is 1. The molecular formula is C19H17ClFN5O. The lowest BCUT2D eigenvalue weighted by Crippen LogP contribution is -2.29. The molecule has 1 aromatic carbocycles. The molecule has 0 atom stereocenters. The van der Waals surface area contributed by atoms with Crippen LogP contribution >= 0.6 is 11.6 Å².